The van der Waals surface area contributed by atoms with Crippen LogP contribution in [0, 0.1) is 201 Å². The summed E-state index contributed by atoms with van der Waals surface area (Å²) in [6, 6.07) is 40.9. The van der Waals surface area contributed by atoms with Crippen LogP contribution in [0.3, 0.4) is 0 Å². The number of hydrogen-bond donors (Lipinski definition) is 0. The van der Waals surface area contributed by atoms with Gasteiger partial charge in [-0.3, -0.25) is 0 Å². The van der Waals surface area contributed by atoms with Crippen molar-refractivity contribution in [1.29, 1.82) is 0 Å². The molecule has 0 bridgehead atoms. The largest absolute Gasteiger partial charge is 0.0620 e. The van der Waals surface area contributed by atoms with Crippen LogP contribution in [-0.4, -0.2) is 0 Å². The highest BCUT2D eigenvalue weighted by atomic mass is 14.1. The van der Waals surface area contributed by atoms with Crippen LogP contribution in [0.25, 0.3) is 0 Å². The van der Waals surface area contributed by atoms with Gasteiger partial charge in [0.05, 0.1) is 0 Å². The van der Waals surface area contributed by atoms with E-state index in [1.807, 2.05) is 0 Å². The lowest BCUT2D eigenvalue weighted by atomic mass is 9.90. The maximum atomic E-state index is 2.26. The quantitative estimate of drug-likeness (QED) is 0.142. The van der Waals surface area contributed by atoms with Gasteiger partial charge in [0, 0.05) is 0 Å². The summed E-state index contributed by atoms with van der Waals surface area (Å²) in [4.78, 5) is 0. The summed E-state index contributed by atoms with van der Waals surface area (Å²) in [6.07, 6.45) is 0. The maximum Gasteiger partial charge on any atom is -0.0392 e. The first-order valence-corrected chi connectivity index (χ1v) is 28.0. The molecule has 77 heavy (non-hydrogen) atoms. The highest BCUT2D eigenvalue weighted by Crippen LogP contribution is 2.25. The molecule has 0 radical (unpaired) electrons. The molecule has 0 fully saturated rings. The minimum atomic E-state index is 1.33. The number of aryl methyl sites for hydroxylation is 18. The Labute approximate surface area is 474 Å². The van der Waals surface area contributed by atoms with Crippen LogP contribution in [0.1, 0.15) is 161 Å². The summed E-state index contributed by atoms with van der Waals surface area (Å²) in [5.74, 6) is 0. The fraction of sp³-hybridized carbons (Fsp3) is 0.377. The van der Waals surface area contributed by atoms with Gasteiger partial charge in [-0.25, -0.2) is 0 Å². The van der Waals surface area contributed by atoms with E-state index in [0.29, 0.717) is 0 Å². The Bertz CT molecular complexity index is 2780. The first kappa shape index (κ1) is 68.8. The molecule has 0 aliphatic carbocycles. The molecule has 0 heteroatoms. The van der Waals surface area contributed by atoms with Gasteiger partial charge in [-0.1, -0.05) is 149 Å². The van der Waals surface area contributed by atoms with Gasteiger partial charge in [-0.05, 0) is 329 Å². The predicted molar refractivity (Wildman–Crippen MR) is 349 cm³/mol. The van der Waals surface area contributed by atoms with Crippen molar-refractivity contribution in [1.82, 2.24) is 0 Å². The molecule has 0 unspecified atom stereocenters. The fourth-order valence-corrected chi connectivity index (χ4v) is 8.82. The molecule has 0 aliphatic heterocycles. The first-order chi connectivity index (χ1) is 35.7. The van der Waals surface area contributed by atoms with Crippen LogP contribution in [0.4, 0.5) is 0 Å². The standard InChI is InChI=1S/C12H18.C11H16.3C10H14.3C8H10/c1-7-8(2)10(4)12(6)11(5)9(7)3;1-7-6-8(2)10(4)11(5)9(7)3;1-7-5-9(3)10(4)6-8(7)2;2*1-7-5-8(2)10(4)9(3)6-7;1-7-3-5-8(2)6-4-7;1-7-4-3-5-8(2)6-7;1-7-5-3-4-6-8(7)2/h1-6H3;6H,1-5H3;3*5-6H,1-4H3;3*3-6H,1-2H3. The van der Waals surface area contributed by atoms with E-state index in [1.165, 1.54) is 161 Å². The second-order valence-electron chi connectivity index (χ2n) is 22.6. The Balaban J connectivity index is 0.000000442. The molecule has 414 valence electrons. The van der Waals surface area contributed by atoms with Crippen LogP contribution in [0.5, 0.6) is 0 Å². The fourth-order valence-electron chi connectivity index (χ4n) is 8.82. The number of hydrogen-bond acceptors (Lipinski definition) is 0. The molecule has 0 aromatic heterocycles. The van der Waals surface area contributed by atoms with E-state index in [9.17, 15) is 0 Å². The Morgan fingerprint density at radius 1 is 0.130 bits per heavy atom. The van der Waals surface area contributed by atoms with E-state index in [-0.39, 0.29) is 0 Å². The molecule has 0 N–H and O–H groups in total. The van der Waals surface area contributed by atoms with E-state index < -0.39 is 0 Å². The van der Waals surface area contributed by atoms with Crippen molar-refractivity contribution in [2.24, 2.45) is 0 Å². The summed E-state index contributed by atoms with van der Waals surface area (Å²) in [6.45, 7) is 62.7. The lowest BCUT2D eigenvalue weighted by Crippen LogP contribution is -1.98. The highest BCUT2D eigenvalue weighted by Gasteiger charge is 2.08. The monoisotopic (exact) mass is 1030 g/mol. The van der Waals surface area contributed by atoms with E-state index in [0.717, 1.165) is 0 Å². The normalized spacial score (nSPS) is 9.88. The molecule has 8 aromatic carbocycles. The summed E-state index contributed by atoms with van der Waals surface area (Å²) >= 11 is 0. The third-order valence-corrected chi connectivity index (χ3v) is 16.2. The van der Waals surface area contributed by atoms with Gasteiger partial charge in [-0.15, -0.1) is 0 Å². The van der Waals surface area contributed by atoms with Crippen molar-refractivity contribution < 1.29 is 0 Å². The Morgan fingerprint density at radius 2 is 0.351 bits per heavy atom. The van der Waals surface area contributed by atoms with Crippen molar-refractivity contribution in [3.05, 3.63) is 277 Å². The highest BCUT2D eigenvalue weighted by molar-refractivity contribution is 5.49. The first-order valence-electron chi connectivity index (χ1n) is 28.0. The van der Waals surface area contributed by atoms with Gasteiger partial charge in [0.1, 0.15) is 0 Å². The predicted octanol–water partition coefficient (Wildman–Crippen LogP) is 22.4. The van der Waals surface area contributed by atoms with Crippen molar-refractivity contribution in [2.45, 2.75) is 201 Å². The van der Waals surface area contributed by atoms with E-state index in [4.69, 9.17) is 0 Å². The Hall–Kier alpha value is -6.24. The van der Waals surface area contributed by atoms with Crippen LogP contribution in [0.15, 0.2) is 115 Å². The average Bonchev–Trinajstić information content (AvgIpc) is 3.36. The van der Waals surface area contributed by atoms with Gasteiger partial charge in [0.15, 0.2) is 0 Å². The minimum Gasteiger partial charge on any atom is -0.0620 e. The molecule has 0 saturated heterocycles. The molecule has 0 saturated carbocycles. The van der Waals surface area contributed by atoms with Crippen molar-refractivity contribution in [3.63, 3.8) is 0 Å². The molecule has 0 atom stereocenters. The van der Waals surface area contributed by atoms with Crippen LogP contribution in [-0.2, 0) is 0 Å². The van der Waals surface area contributed by atoms with Crippen molar-refractivity contribution >= 4 is 0 Å². The summed E-state index contributed by atoms with van der Waals surface area (Å²) in [5, 5.41) is 0. The zero-order valence-corrected chi connectivity index (χ0v) is 54.5. The molecular weight excluding hydrogens is 925 g/mol. The van der Waals surface area contributed by atoms with Gasteiger partial charge in [-0.2, -0.15) is 0 Å². The Morgan fingerprint density at radius 3 is 0.571 bits per heavy atom. The second-order valence-corrected chi connectivity index (χ2v) is 22.6. The SMILES string of the molecule is Cc1c(C)c(C)c(C)c(C)c1C.Cc1cc(C)c(C)c(C)c1.Cc1cc(C)c(C)c(C)c1.Cc1cc(C)c(C)c(C)c1C.Cc1cc(C)c(C)cc1C.Cc1ccc(C)cc1.Cc1cccc(C)c1.Cc1ccccc1C. The van der Waals surface area contributed by atoms with E-state index >= 15 is 0 Å². The minimum absolute atomic E-state index is 1.33. The topological polar surface area (TPSA) is 0 Å². The van der Waals surface area contributed by atoms with Crippen LogP contribution in [0.2, 0.25) is 0 Å². The molecule has 8 rings (SSSR count). The summed E-state index contributed by atoms with van der Waals surface area (Å²) in [7, 11) is 0. The Kier molecular flexibility index (Phi) is 29.6. The molecule has 0 aliphatic rings. The molecule has 8 aromatic rings. The lowest BCUT2D eigenvalue weighted by Gasteiger charge is -2.15. The van der Waals surface area contributed by atoms with E-state index in [2.05, 4.69) is 316 Å². The molecule has 0 heterocycles. The lowest BCUT2D eigenvalue weighted by molar-refractivity contribution is 1.13. The van der Waals surface area contributed by atoms with Crippen molar-refractivity contribution in [2.75, 3.05) is 0 Å². The van der Waals surface area contributed by atoms with Gasteiger partial charge >= 0.3 is 0 Å². The van der Waals surface area contributed by atoms with E-state index in [1.54, 1.807) is 0 Å². The molecular formula is C77H106. The average molecular weight is 1030 g/mol. The van der Waals surface area contributed by atoms with Gasteiger partial charge in [0.25, 0.3) is 0 Å². The number of benzene rings is 8. The van der Waals surface area contributed by atoms with Crippen molar-refractivity contribution in [3.8, 4) is 0 Å². The van der Waals surface area contributed by atoms with Crippen LogP contribution >= 0.6 is 0 Å². The molecule has 0 spiro atoms. The smallest absolute Gasteiger partial charge is 0.0392 e. The van der Waals surface area contributed by atoms with Crippen LogP contribution < -0.4 is 0 Å². The third-order valence-electron chi connectivity index (χ3n) is 16.2. The molecule has 0 amide bonds. The maximum absolute atomic E-state index is 2.26. The number of rotatable bonds is 0. The zero-order valence-electron chi connectivity index (χ0n) is 54.5. The van der Waals surface area contributed by atoms with Gasteiger partial charge in [0.2, 0.25) is 0 Å². The zero-order chi connectivity index (χ0) is 59.2. The summed E-state index contributed by atoms with van der Waals surface area (Å²) in [5.41, 5.74) is 40.7. The second kappa shape index (κ2) is 33.1. The summed E-state index contributed by atoms with van der Waals surface area (Å²) < 4.78 is 0. The van der Waals surface area contributed by atoms with Gasteiger partial charge < -0.3 is 0 Å². The molecule has 0 nitrogen and oxygen atoms in total. The third kappa shape index (κ3) is 23.5.